The van der Waals surface area contributed by atoms with E-state index >= 15 is 0 Å². The van der Waals surface area contributed by atoms with Crippen LogP contribution in [0, 0.1) is 5.92 Å². The van der Waals surface area contributed by atoms with Crippen LogP contribution in [-0.4, -0.2) is 11.7 Å². The summed E-state index contributed by atoms with van der Waals surface area (Å²) in [7, 11) is 3.95. The average Bonchev–Trinajstić information content (AvgIpc) is 3.17. The third kappa shape index (κ3) is 1.77. The van der Waals surface area contributed by atoms with Crippen molar-refractivity contribution in [2.24, 2.45) is 13.0 Å². The van der Waals surface area contributed by atoms with E-state index in [0.717, 1.165) is 5.75 Å². The number of aromatic nitrogens is 1. The Balaban J connectivity index is 1.78. The van der Waals surface area contributed by atoms with Crippen LogP contribution in [0.25, 0.3) is 10.9 Å². The van der Waals surface area contributed by atoms with Gasteiger partial charge in [-0.05, 0) is 41.7 Å². The van der Waals surface area contributed by atoms with Gasteiger partial charge in [0, 0.05) is 35.5 Å². The molecule has 0 amide bonds. The van der Waals surface area contributed by atoms with Crippen LogP contribution in [0.15, 0.2) is 60.7 Å². The minimum atomic E-state index is 0.437. The molecule has 2 aliphatic carbocycles. The van der Waals surface area contributed by atoms with Crippen molar-refractivity contribution < 1.29 is 4.74 Å². The van der Waals surface area contributed by atoms with Crippen LogP contribution in [0.4, 0.5) is 0 Å². The lowest BCUT2D eigenvalue weighted by Crippen LogP contribution is -2.20. The second-order valence-corrected chi connectivity index (χ2v) is 7.02. The maximum Gasteiger partial charge on any atom is 0.118 e. The Morgan fingerprint density at radius 2 is 1.79 bits per heavy atom. The molecule has 0 saturated carbocycles. The average molecular weight is 315 g/mol. The quantitative estimate of drug-likeness (QED) is 0.608. The summed E-state index contributed by atoms with van der Waals surface area (Å²) in [6, 6.07) is 17.5. The van der Waals surface area contributed by atoms with Crippen molar-refractivity contribution in [1.29, 1.82) is 0 Å². The zero-order chi connectivity index (χ0) is 16.3. The highest BCUT2D eigenvalue weighted by atomic mass is 16.5. The molecule has 3 atom stereocenters. The molecule has 1 heterocycles. The predicted octanol–water partition coefficient (Wildman–Crippen LogP) is 4.99. The van der Waals surface area contributed by atoms with Crippen LogP contribution < -0.4 is 4.74 Å². The third-order valence-electron chi connectivity index (χ3n) is 5.87. The molecule has 3 aromatic rings. The molecule has 120 valence electrons. The second kappa shape index (κ2) is 5.01. The normalized spacial score (nSPS) is 24.3. The highest BCUT2D eigenvalue weighted by molar-refractivity contribution is 5.87. The molecule has 0 aliphatic heterocycles. The lowest BCUT2D eigenvalue weighted by atomic mass is 9.73. The summed E-state index contributed by atoms with van der Waals surface area (Å²) in [5.41, 5.74) is 5.77. The zero-order valence-electron chi connectivity index (χ0n) is 14.1. The molecule has 0 spiro atoms. The number of methoxy groups -OCH3 is 1. The van der Waals surface area contributed by atoms with Crippen LogP contribution in [-0.2, 0) is 7.05 Å². The lowest BCUT2D eigenvalue weighted by molar-refractivity contribution is 0.414. The molecule has 1 aromatic heterocycles. The molecule has 2 bridgehead atoms. The largest absolute Gasteiger partial charge is 0.497 e. The molecule has 24 heavy (non-hydrogen) atoms. The van der Waals surface area contributed by atoms with Crippen molar-refractivity contribution in [1.82, 2.24) is 4.57 Å². The number of ether oxygens (including phenoxy) is 1. The molecule has 0 saturated heterocycles. The molecule has 2 aromatic carbocycles. The van der Waals surface area contributed by atoms with Gasteiger partial charge in [-0.2, -0.15) is 0 Å². The van der Waals surface area contributed by atoms with E-state index in [1.807, 2.05) is 0 Å². The van der Waals surface area contributed by atoms with E-state index in [1.54, 1.807) is 7.11 Å². The van der Waals surface area contributed by atoms with E-state index in [2.05, 4.69) is 72.3 Å². The maximum absolute atomic E-state index is 5.34. The first-order valence-corrected chi connectivity index (χ1v) is 8.67. The van der Waals surface area contributed by atoms with E-state index in [0.29, 0.717) is 17.8 Å². The zero-order valence-corrected chi connectivity index (χ0v) is 14.1. The summed E-state index contributed by atoms with van der Waals surface area (Å²) in [6.07, 6.45) is 6.09. The van der Waals surface area contributed by atoms with Gasteiger partial charge in [0.05, 0.1) is 7.11 Å². The fourth-order valence-corrected chi connectivity index (χ4v) is 4.83. The lowest BCUT2D eigenvalue weighted by Gasteiger charge is -2.31. The number of benzene rings is 2. The molecular formula is C22H21NO. The van der Waals surface area contributed by atoms with Crippen LogP contribution in [0.1, 0.15) is 35.1 Å². The molecule has 2 nitrogen and oxygen atoms in total. The highest BCUT2D eigenvalue weighted by Crippen LogP contribution is 2.53. The number of nitrogens with zero attached hydrogens (tertiary/aromatic N) is 1. The summed E-state index contributed by atoms with van der Waals surface area (Å²) < 4.78 is 7.76. The first-order valence-electron chi connectivity index (χ1n) is 8.67. The van der Waals surface area contributed by atoms with Crippen LogP contribution in [0.2, 0.25) is 0 Å². The Morgan fingerprint density at radius 3 is 2.58 bits per heavy atom. The summed E-state index contributed by atoms with van der Waals surface area (Å²) >= 11 is 0. The predicted molar refractivity (Wildman–Crippen MR) is 97.7 cm³/mol. The standard InChI is InChI=1S/C22H21NO/c1-23-19-6-4-3-5-18(19)21-20(14-9-11-17(24-2)12-10-14)15-7-8-16(13-15)22(21)23/h3-12,15-16,20H,13H2,1-2H3/t15-,16-,20?/m1/s1. The van der Waals surface area contributed by atoms with E-state index < -0.39 is 0 Å². The fourth-order valence-electron chi connectivity index (χ4n) is 4.83. The van der Waals surface area contributed by atoms with E-state index in [1.165, 1.54) is 34.1 Å². The summed E-state index contributed by atoms with van der Waals surface area (Å²) in [4.78, 5) is 0. The van der Waals surface area contributed by atoms with Gasteiger partial charge in [0.25, 0.3) is 0 Å². The minimum Gasteiger partial charge on any atom is -0.497 e. The van der Waals surface area contributed by atoms with Gasteiger partial charge < -0.3 is 9.30 Å². The number of hydrogen-bond donors (Lipinski definition) is 0. The van der Waals surface area contributed by atoms with Crippen molar-refractivity contribution in [2.75, 3.05) is 7.11 Å². The fraction of sp³-hybridized carbons (Fsp3) is 0.273. The van der Waals surface area contributed by atoms with Gasteiger partial charge in [-0.3, -0.25) is 0 Å². The first kappa shape index (κ1) is 13.9. The van der Waals surface area contributed by atoms with Gasteiger partial charge in [0.15, 0.2) is 0 Å². The van der Waals surface area contributed by atoms with Crippen molar-refractivity contribution in [3.05, 3.63) is 77.5 Å². The minimum absolute atomic E-state index is 0.437. The number of aryl methyl sites for hydroxylation is 1. The molecule has 2 heteroatoms. The van der Waals surface area contributed by atoms with E-state index in [4.69, 9.17) is 4.74 Å². The summed E-state index contributed by atoms with van der Waals surface area (Å²) in [6.45, 7) is 0. The molecule has 0 radical (unpaired) electrons. The van der Waals surface area contributed by atoms with E-state index in [-0.39, 0.29) is 0 Å². The molecule has 0 N–H and O–H groups in total. The summed E-state index contributed by atoms with van der Waals surface area (Å²) in [5, 5.41) is 1.41. The monoisotopic (exact) mass is 315 g/mol. The molecule has 2 aliphatic rings. The Labute approximate surface area is 142 Å². The number of hydrogen-bond acceptors (Lipinski definition) is 1. The number of allylic oxidation sites excluding steroid dienone is 2. The Bertz CT molecular complexity index is 948. The number of para-hydroxylation sites is 1. The molecule has 1 unspecified atom stereocenters. The Kier molecular flexibility index (Phi) is 2.90. The van der Waals surface area contributed by atoms with Crippen molar-refractivity contribution in [3.63, 3.8) is 0 Å². The Hall–Kier alpha value is -2.48. The third-order valence-corrected chi connectivity index (χ3v) is 5.87. The molecular weight excluding hydrogens is 294 g/mol. The number of rotatable bonds is 2. The van der Waals surface area contributed by atoms with Gasteiger partial charge >= 0.3 is 0 Å². The van der Waals surface area contributed by atoms with Crippen molar-refractivity contribution >= 4 is 10.9 Å². The molecule has 5 rings (SSSR count). The number of fused-ring (bicyclic) bond motifs is 6. The van der Waals surface area contributed by atoms with Gasteiger partial charge in [0.1, 0.15) is 5.75 Å². The maximum atomic E-state index is 5.34. The van der Waals surface area contributed by atoms with Gasteiger partial charge in [-0.1, -0.05) is 42.5 Å². The first-order chi connectivity index (χ1) is 11.8. The summed E-state index contributed by atoms with van der Waals surface area (Å²) in [5.74, 6) is 2.53. The Morgan fingerprint density at radius 1 is 1.00 bits per heavy atom. The molecule has 0 fully saturated rings. The topological polar surface area (TPSA) is 14.2 Å². The SMILES string of the molecule is COc1ccc(C2c3c(n(C)c4ccccc34)[C@@H]3C=C[C@@H]2C3)cc1. The van der Waals surface area contributed by atoms with Gasteiger partial charge in [0.2, 0.25) is 0 Å². The van der Waals surface area contributed by atoms with Gasteiger partial charge in [-0.15, -0.1) is 0 Å². The highest BCUT2D eigenvalue weighted by Gasteiger charge is 2.40. The van der Waals surface area contributed by atoms with Crippen molar-refractivity contribution in [2.45, 2.75) is 18.3 Å². The van der Waals surface area contributed by atoms with Crippen LogP contribution in [0.3, 0.4) is 0 Å². The second-order valence-electron chi connectivity index (χ2n) is 7.02. The van der Waals surface area contributed by atoms with Gasteiger partial charge in [-0.25, -0.2) is 0 Å². The van der Waals surface area contributed by atoms with Crippen LogP contribution >= 0.6 is 0 Å². The van der Waals surface area contributed by atoms with E-state index in [9.17, 15) is 0 Å². The smallest absolute Gasteiger partial charge is 0.118 e. The van der Waals surface area contributed by atoms with Crippen LogP contribution in [0.5, 0.6) is 5.75 Å². The van der Waals surface area contributed by atoms with Crippen molar-refractivity contribution in [3.8, 4) is 5.75 Å².